The highest BCUT2D eigenvalue weighted by Gasteiger charge is 2.24. The Morgan fingerprint density at radius 1 is 0.895 bits per heavy atom. The van der Waals surface area contributed by atoms with Crippen LogP contribution >= 0.6 is 11.6 Å². The van der Waals surface area contributed by atoms with Crippen LogP contribution in [0.1, 0.15) is 11.3 Å². The first-order valence-corrected chi connectivity index (χ1v) is 12.9. The van der Waals surface area contributed by atoms with Crippen molar-refractivity contribution in [3.05, 3.63) is 83.0 Å². The number of amides is 1. The molecular formula is C29H30ClN5O3. The number of ether oxygens (including phenoxy) is 2. The maximum absolute atomic E-state index is 12.6. The van der Waals surface area contributed by atoms with Gasteiger partial charge < -0.3 is 19.7 Å². The van der Waals surface area contributed by atoms with E-state index in [0.717, 1.165) is 54.0 Å². The van der Waals surface area contributed by atoms with Crippen molar-refractivity contribution < 1.29 is 14.3 Å². The quantitative estimate of drug-likeness (QED) is 0.354. The molecule has 1 N–H and O–H groups in total. The van der Waals surface area contributed by atoms with Gasteiger partial charge in [-0.15, -0.1) is 5.10 Å². The smallest absolute Gasteiger partial charge is 0.238 e. The number of hydrogen-bond donors (Lipinski definition) is 1. The SMILES string of the molecule is COc1cc2c(Cc3ccccc3)nnc(N3CCN(CC(=O)Nc4cccc(Cl)c4)CC3)c2cc1OC. The van der Waals surface area contributed by atoms with Crippen LogP contribution in [-0.4, -0.2) is 67.9 Å². The van der Waals surface area contributed by atoms with Crippen LogP contribution in [0.25, 0.3) is 10.8 Å². The zero-order chi connectivity index (χ0) is 26.5. The van der Waals surface area contributed by atoms with Gasteiger partial charge in [-0.2, -0.15) is 5.10 Å². The lowest BCUT2D eigenvalue weighted by molar-refractivity contribution is -0.117. The molecule has 0 bridgehead atoms. The lowest BCUT2D eigenvalue weighted by Crippen LogP contribution is -2.49. The van der Waals surface area contributed by atoms with Crippen LogP contribution in [0.4, 0.5) is 11.5 Å². The fourth-order valence-corrected chi connectivity index (χ4v) is 4.95. The van der Waals surface area contributed by atoms with Crippen LogP contribution in [0.3, 0.4) is 0 Å². The van der Waals surface area contributed by atoms with Crippen molar-refractivity contribution in [1.29, 1.82) is 0 Å². The van der Waals surface area contributed by atoms with E-state index < -0.39 is 0 Å². The van der Waals surface area contributed by atoms with Crippen molar-refractivity contribution in [2.75, 3.05) is 57.2 Å². The van der Waals surface area contributed by atoms with E-state index in [9.17, 15) is 4.79 Å². The zero-order valence-corrected chi connectivity index (χ0v) is 22.2. The van der Waals surface area contributed by atoms with Crippen molar-refractivity contribution in [3.8, 4) is 11.5 Å². The second-order valence-corrected chi connectivity index (χ2v) is 9.64. The normalized spacial score (nSPS) is 13.9. The summed E-state index contributed by atoms with van der Waals surface area (Å²) in [5.41, 5.74) is 2.74. The van der Waals surface area contributed by atoms with Crippen LogP contribution in [-0.2, 0) is 11.2 Å². The maximum Gasteiger partial charge on any atom is 0.238 e. The Hall–Kier alpha value is -3.88. The summed E-state index contributed by atoms with van der Waals surface area (Å²) >= 11 is 6.03. The summed E-state index contributed by atoms with van der Waals surface area (Å²) in [6, 6.07) is 21.4. The van der Waals surface area contributed by atoms with Gasteiger partial charge in [0.2, 0.25) is 5.91 Å². The summed E-state index contributed by atoms with van der Waals surface area (Å²) in [5.74, 6) is 2.05. The summed E-state index contributed by atoms with van der Waals surface area (Å²) in [4.78, 5) is 16.9. The van der Waals surface area contributed by atoms with Crippen LogP contribution in [0.5, 0.6) is 11.5 Å². The molecule has 1 fully saturated rings. The highest BCUT2D eigenvalue weighted by Crippen LogP contribution is 2.37. The molecular weight excluding hydrogens is 502 g/mol. The molecule has 1 saturated heterocycles. The Morgan fingerprint density at radius 2 is 1.61 bits per heavy atom. The first-order valence-electron chi connectivity index (χ1n) is 12.5. The Kier molecular flexibility index (Phi) is 7.91. The first kappa shape index (κ1) is 25.8. The van der Waals surface area contributed by atoms with E-state index in [2.05, 4.69) is 37.4 Å². The van der Waals surface area contributed by atoms with Gasteiger partial charge in [0.15, 0.2) is 17.3 Å². The number of aromatic nitrogens is 2. The zero-order valence-electron chi connectivity index (χ0n) is 21.5. The van der Waals surface area contributed by atoms with Crippen molar-refractivity contribution >= 4 is 39.8 Å². The number of carbonyl (C=O) groups is 1. The minimum Gasteiger partial charge on any atom is -0.493 e. The minimum absolute atomic E-state index is 0.0620. The predicted octanol–water partition coefficient (Wildman–Crippen LogP) is 4.65. The number of nitrogens with one attached hydrogen (secondary N) is 1. The standard InChI is InChI=1S/C29H30ClN5O3/c1-37-26-17-23-24(18-27(26)38-2)29(33-32-25(23)15-20-7-4-3-5-8-20)35-13-11-34(12-14-35)19-28(36)31-22-10-6-9-21(30)16-22/h3-10,16-18H,11-15,19H2,1-2H3,(H,31,36). The highest BCUT2D eigenvalue weighted by molar-refractivity contribution is 6.30. The van der Waals surface area contributed by atoms with E-state index >= 15 is 0 Å². The third-order valence-corrected chi connectivity index (χ3v) is 6.94. The second-order valence-electron chi connectivity index (χ2n) is 9.21. The summed E-state index contributed by atoms with van der Waals surface area (Å²) in [6.07, 6.45) is 0.662. The Bertz CT molecular complexity index is 1420. The van der Waals surface area contributed by atoms with Gasteiger partial charge in [0, 0.05) is 54.1 Å². The molecule has 0 unspecified atom stereocenters. The molecule has 8 nitrogen and oxygen atoms in total. The fraction of sp³-hybridized carbons (Fsp3) is 0.276. The average Bonchev–Trinajstić information content (AvgIpc) is 2.93. The van der Waals surface area contributed by atoms with Crippen molar-refractivity contribution in [1.82, 2.24) is 15.1 Å². The van der Waals surface area contributed by atoms with Gasteiger partial charge in [0.1, 0.15) is 0 Å². The second kappa shape index (κ2) is 11.7. The van der Waals surface area contributed by atoms with Crippen LogP contribution in [0.2, 0.25) is 5.02 Å². The molecule has 9 heteroatoms. The Labute approximate surface area is 227 Å². The molecule has 1 aromatic heterocycles. The van der Waals surface area contributed by atoms with E-state index in [0.29, 0.717) is 35.2 Å². The molecule has 0 spiro atoms. The highest BCUT2D eigenvalue weighted by atomic mass is 35.5. The molecule has 1 aliphatic heterocycles. The molecule has 0 saturated carbocycles. The van der Waals surface area contributed by atoms with Gasteiger partial charge in [0.25, 0.3) is 0 Å². The molecule has 38 heavy (non-hydrogen) atoms. The van der Waals surface area contributed by atoms with E-state index in [1.165, 1.54) is 0 Å². The van der Waals surface area contributed by atoms with Gasteiger partial charge in [-0.05, 0) is 35.9 Å². The topological polar surface area (TPSA) is 79.8 Å². The first-order chi connectivity index (χ1) is 18.5. The van der Waals surface area contributed by atoms with E-state index in [1.54, 1.807) is 26.4 Å². The summed E-state index contributed by atoms with van der Waals surface area (Å²) in [5, 5.41) is 14.8. The Morgan fingerprint density at radius 3 is 2.29 bits per heavy atom. The number of fused-ring (bicyclic) bond motifs is 1. The number of methoxy groups -OCH3 is 2. The van der Waals surface area contributed by atoms with Gasteiger partial charge in [-0.3, -0.25) is 9.69 Å². The number of halogens is 1. The molecule has 5 rings (SSSR count). The van der Waals surface area contributed by atoms with Gasteiger partial charge in [0.05, 0.1) is 26.5 Å². The monoisotopic (exact) mass is 531 g/mol. The van der Waals surface area contributed by atoms with Crippen LogP contribution < -0.4 is 19.7 Å². The molecule has 2 heterocycles. The molecule has 1 amide bonds. The molecule has 0 aliphatic carbocycles. The number of carbonyl (C=O) groups excluding carboxylic acids is 1. The van der Waals surface area contributed by atoms with Gasteiger partial charge in [-0.25, -0.2) is 0 Å². The average molecular weight is 532 g/mol. The number of rotatable bonds is 8. The third kappa shape index (κ3) is 5.82. The molecule has 196 valence electrons. The van der Waals surface area contributed by atoms with Gasteiger partial charge >= 0.3 is 0 Å². The number of benzene rings is 3. The van der Waals surface area contributed by atoms with Crippen molar-refractivity contribution in [3.63, 3.8) is 0 Å². The number of hydrogen-bond acceptors (Lipinski definition) is 7. The molecule has 0 atom stereocenters. The summed E-state index contributed by atoms with van der Waals surface area (Å²) in [6.45, 7) is 3.21. The maximum atomic E-state index is 12.6. The summed E-state index contributed by atoms with van der Waals surface area (Å²) in [7, 11) is 3.27. The van der Waals surface area contributed by atoms with Crippen LogP contribution in [0.15, 0.2) is 66.7 Å². The fourth-order valence-electron chi connectivity index (χ4n) is 4.76. The predicted molar refractivity (Wildman–Crippen MR) is 151 cm³/mol. The number of piperazine rings is 1. The largest absolute Gasteiger partial charge is 0.493 e. The van der Waals surface area contributed by atoms with Crippen molar-refractivity contribution in [2.24, 2.45) is 0 Å². The van der Waals surface area contributed by atoms with E-state index in [-0.39, 0.29) is 5.91 Å². The van der Waals surface area contributed by atoms with Crippen LogP contribution in [0, 0.1) is 0 Å². The lowest BCUT2D eigenvalue weighted by Gasteiger charge is -2.35. The Balaban J connectivity index is 1.34. The number of nitrogens with zero attached hydrogens (tertiary/aromatic N) is 4. The van der Waals surface area contributed by atoms with E-state index in [1.807, 2.05) is 42.5 Å². The van der Waals surface area contributed by atoms with E-state index in [4.69, 9.17) is 21.1 Å². The minimum atomic E-state index is -0.0620. The molecule has 1 aliphatic rings. The molecule has 4 aromatic rings. The van der Waals surface area contributed by atoms with Gasteiger partial charge in [-0.1, -0.05) is 48.0 Å². The van der Waals surface area contributed by atoms with Crippen molar-refractivity contribution in [2.45, 2.75) is 6.42 Å². The summed E-state index contributed by atoms with van der Waals surface area (Å²) < 4.78 is 11.2. The molecule has 3 aromatic carbocycles. The number of anilines is 2. The molecule has 0 radical (unpaired) electrons. The third-order valence-electron chi connectivity index (χ3n) is 6.70. The lowest BCUT2D eigenvalue weighted by atomic mass is 10.0.